The standard InChI is InChI=1S/C18H22IN3O/c1-4-22(5-2)14-10-11-16(13(3)12-14)20-18(23)21-17-9-7-6-8-15(17)19/h6-12H,4-5H2,1-3H3,(H2,20,21,23). The van der Waals surface area contributed by atoms with E-state index in [1.54, 1.807) is 0 Å². The first-order chi connectivity index (χ1) is 11.0. The zero-order chi connectivity index (χ0) is 16.8. The number of rotatable bonds is 5. The Bertz CT molecular complexity index is 684. The highest BCUT2D eigenvalue weighted by Crippen LogP contribution is 2.23. The molecule has 122 valence electrons. The Labute approximate surface area is 151 Å². The van der Waals surface area contributed by atoms with Crippen molar-refractivity contribution in [2.45, 2.75) is 20.8 Å². The molecule has 0 bridgehead atoms. The number of benzene rings is 2. The van der Waals surface area contributed by atoms with Crippen LogP contribution in [0.25, 0.3) is 0 Å². The Kier molecular flexibility index (Phi) is 6.27. The van der Waals surface area contributed by atoms with Crippen LogP contribution in [-0.2, 0) is 0 Å². The normalized spacial score (nSPS) is 10.3. The number of nitrogens with one attached hydrogen (secondary N) is 2. The molecule has 0 spiro atoms. The van der Waals surface area contributed by atoms with Crippen LogP contribution in [0.2, 0.25) is 0 Å². The lowest BCUT2D eigenvalue weighted by Gasteiger charge is -2.22. The lowest BCUT2D eigenvalue weighted by molar-refractivity contribution is 0.262. The number of anilines is 3. The number of halogens is 1. The molecule has 0 aromatic heterocycles. The number of amides is 2. The number of nitrogens with zero attached hydrogens (tertiary/aromatic N) is 1. The number of para-hydroxylation sites is 1. The highest BCUT2D eigenvalue weighted by molar-refractivity contribution is 14.1. The first kappa shape index (κ1) is 17.6. The van der Waals surface area contributed by atoms with Gasteiger partial charge in [0.25, 0.3) is 0 Å². The maximum atomic E-state index is 12.2. The first-order valence-electron chi connectivity index (χ1n) is 7.73. The van der Waals surface area contributed by atoms with Gasteiger partial charge in [0.05, 0.1) is 5.69 Å². The van der Waals surface area contributed by atoms with E-state index >= 15 is 0 Å². The summed E-state index contributed by atoms with van der Waals surface area (Å²) in [6.45, 7) is 8.22. The second-order valence-corrected chi connectivity index (χ2v) is 6.39. The van der Waals surface area contributed by atoms with Crippen molar-refractivity contribution in [2.24, 2.45) is 0 Å². The number of urea groups is 1. The lowest BCUT2D eigenvalue weighted by Crippen LogP contribution is -2.23. The monoisotopic (exact) mass is 423 g/mol. The number of carbonyl (C=O) groups excluding carboxylic acids is 1. The van der Waals surface area contributed by atoms with E-state index in [1.807, 2.05) is 43.3 Å². The van der Waals surface area contributed by atoms with E-state index in [0.717, 1.165) is 33.6 Å². The van der Waals surface area contributed by atoms with Gasteiger partial charge in [-0.3, -0.25) is 0 Å². The number of carbonyl (C=O) groups is 1. The fraction of sp³-hybridized carbons (Fsp3) is 0.278. The van der Waals surface area contributed by atoms with E-state index in [-0.39, 0.29) is 6.03 Å². The SMILES string of the molecule is CCN(CC)c1ccc(NC(=O)Nc2ccccc2I)c(C)c1. The smallest absolute Gasteiger partial charge is 0.323 e. The topological polar surface area (TPSA) is 44.4 Å². The predicted molar refractivity (Wildman–Crippen MR) is 107 cm³/mol. The third-order valence-corrected chi connectivity index (χ3v) is 4.65. The maximum absolute atomic E-state index is 12.2. The molecule has 5 heteroatoms. The lowest BCUT2D eigenvalue weighted by atomic mass is 10.1. The molecule has 2 rings (SSSR count). The summed E-state index contributed by atoms with van der Waals surface area (Å²) in [4.78, 5) is 14.5. The molecule has 0 unspecified atom stereocenters. The number of aryl methyl sites for hydroxylation is 1. The fourth-order valence-electron chi connectivity index (χ4n) is 2.41. The van der Waals surface area contributed by atoms with E-state index in [0.29, 0.717) is 0 Å². The van der Waals surface area contributed by atoms with Gasteiger partial charge in [0.2, 0.25) is 0 Å². The summed E-state index contributed by atoms with van der Waals surface area (Å²) in [5, 5.41) is 5.79. The van der Waals surface area contributed by atoms with Crippen molar-refractivity contribution in [2.75, 3.05) is 28.6 Å². The van der Waals surface area contributed by atoms with Crippen molar-refractivity contribution < 1.29 is 4.79 Å². The molecule has 2 amide bonds. The van der Waals surface area contributed by atoms with E-state index in [2.05, 4.69) is 58.0 Å². The molecule has 2 aromatic rings. The van der Waals surface area contributed by atoms with Gasteiger partial charge in [0.1, 0.15) is 0 Å². The van der Waals surface area contributed by atoms with Gasteiger partial charge in [0, 0.05) is 28.0 Å². The van der Waals surface area contributed by atoms with Crippen molar-refractivity contribution in [3.05, 3.63) is 51.6 Å². The summed E-state index contributed by atoms with van der Waals surface area (Å²) >= 11 is 2.20. The maximum Gasteiger partial charge on any atom is 0.323 e. The third kappa shape index (κ3) is 4.60. The summed E-state index contributed by atoms with van der Waals surface area (Å²) in [5.41, 5.74) is 3.86. The minimum Gasteiger partial charge on any atom is -0.372 e. The van der Waals surface area contributed by atoms with Crippen molar-refractivity contribution >= 4 is 45.7 Å². The van der Waals surface area contributed by atoms with Crippen LogP contribution < -0.4 is 15.5 Å². The summed E-state index contributed by atoms with van der Waals surface area (Å²) in [6, 6.07) is 13.6. The quantitative estimate of drug-likeness (QED) is 0.659. The summed E-state index contributed by atoms with van der Waals surface area (Å²) in [6.07, 6.45) is 0. The molecule has 0 fully saturated rings. The molecular formula is C18H22IN3O. The highest BCUT2D eigenvalue weighted by atomic mass is 127. The summed E-state index contributed by atoms with van der Waals surface area (Å²) < 4.78 is 1.01. The van der Waals surface area contributed by atoms with Crippen molar-refractivity contribution in [1.82, 2.24) is 0 Å². The van der Waals surface area contributed by atoms with Gasteiger partial charge in [-0.05, 0) is 79.3 Å². The average molecular weight is 423 g/mol. The Hall–Kier alpha value is -1.76. The predicted octanol–water partition coefficient (Wildman–Crippen LogP) is 5.09. The Balaban J connectivity index is 2.08. The molecule has 0 saturated heterocycles. The Morgan fingerprint density at radius 2 is 1.70 bits per heavy atom. The van der Waals surface area contributed by atoms with Crippen LogP contribution >= 0.6 is 22.6 Å². The van der Waals surface area contributed by atoms with Crippen LogP contribution in [-0.4, -0.2) is 19.1 Å². The van der Waals surface area contributed by atoms with E-state index in [4.69, 9.17) is 0 Å². The molecule has 23 heavy (non-hydrogen) atoms. The third-order valence-electron chi connectivity index (χ3n) is 3.71. The molecule has 0 atom stereocenters. The largest absolute Gasteiger partial charge is 0.372 e. The van der Waals surface area contributed by atoms with Gasteiger partial charge in [-0.1, -0.05) is 12.1 Å². The highest BCUT2D eigenvalue weighted by Gasteiger charge is 2.09. The van der Waals surface area contributed by atoms with Crippen LogP contribution in [0.5, 0.6) is 0 Å². The average Bonchev–Trinajstić information content (AvgIpc) is 2.53. The zero-order valence-corrected chi connectivity index (χ0v) is 15.8. The summed E-state index contributed by atoms with van der Waals surface area (Å²) in [7, 11) is 0. The molecule has 0 heterocycles. The zero-order valence-electron chi connectivity index (χ0n) is 13.7. The van der Waals surface area contributed by atoms with Crippen molar-refractivity contribution in [3.63, 3.8) is 0 Å². The van der Waals surface area contributed by atoms with Crippen LogP contribution in [0, 0.1) is 10.5 Å². The van der Waals surface area contributed by atoms with Gasteiger partial charge in [0.15, 0.2) is 0 Å². The number of hydrogen-bond donors (Lipinski definition) is 2. The van der Waals surface area contributed by atoms with Crippen LogP contribution in [0.4, 0.5) is 21.9 Å². The van der Waals surface area contributed by atoms with Crippen molar-refractivity contribution in [3.8, 4) is 0 Å². The van der Waals surface area contributed by atoms with Gasteiger partial charge in [-0.2, -0.15) is 0 Å². The van der Waals surface area contributed by atoms with Gasteiger partial charge < -0.3 is 15.5 Å². The van der Waals surface area contributed by atoms with E-state index in [9.17, 15) is 4.79 Å². The van der Waals surface area contributed by atoms with Crippen LogP contribution in [0.3, 0.4) is 0 Å². The second-order valence-electron chi connectivity index (χ2n) is 5.23. The van der Waals surface area contributed by atoms with E-state index < -0.39 is 0 Å². The molecular weight excluding hydrogens is 401 g/mol. The Morgan fingerprint density at radius 3 is 2.30 bits per heavy atom. The van der Waals surface area contributed by atoms with Crippen LogP contribution in [0.1, 0.15) is 19.4 Å². The second kappa shape index (κ2) is 8.19. The molecule has 0 aliphatic rings. The van der Waals surface area contributed by atoms with Crippen molar-refractivity contribution in [1.29, 1.82) is 0 Å². The van der Waals surface area contributed by atoms with Gasteiger partial charge >= 0.3 is 6.03 Å². The number of hydrogen-bond acceptors (Lipinski definition) is 2. The molecule has 2 N–H and O–H groups in total. The molecule has 4 nitrogen and oxygen atoms in total. The molecule has 0 saturated carbocycles. The van der Waals surface area contributed by atoms with Crippen LogP contribution in [0.15, 0.2) is 42.5 Å². The van der Waals surface area contributed by atoms with Gasteiger partial charge in [-0.25, -0.2) is 4.79 Å². The summed E-state index contributed by atoms with van der Waals surface area (Å²) in [5.74, 6) is 0. The first-order valence-corrected chi connectivity index (χ1v) is 8.81. The Morgan fingerprint density at radius 1 is 1.04 bits per heavy atom. The minimum absolute atomic E-state index is 0.229. The van der Waals surface area contributed by atoms with Gasteiger partial charge in [-0.15, -0.1) is 0 Å². The molecule has 0 aliphatic heterocycles. The van der Waals surface area contributed by atoms with E-state index in [1.165, 1.54) is 5.69 Å². The minimum atomic E-state index is -0.229. The molecule has 0 radical (unpaired) electrons. The molecule has 0 aliphatic carbocycles. The fourth-order valence-corrected chi connectivity index (χ4v) is 2.93. The molecule has 2 aromatic carbocycles.